The molecule has 1 aromatic carbocycles. The SMILES string of the molecule is CCCCC(C)=NNC(=O)c1ccc(C)cc1. The van der Waals surface area contributed by atoms with Crippen LogP contribution in [-0.2, 0) is 0 Å². The van der Waals surface area contributed by atoms with Gasteiger partial charge in [0.1, 0.15) is 0 Å². The van der Waals surface area contributed by atoms with Crippen molar-refractivity contribution in [1.29, 1.82) is 0 Å². The molecular weight excluding hydrogens is 212 g/mol. The minimum atomic E-state index is -0.152. The molecular formula is C14H20N2O. The van der Waals surface area contributed by atoms with Gasteiger partial charge >= 0.3 is 0 Å². The minimum absolute atomic E-state index is 0.152. The van der Waals surface area contributed by atoms with Gasteiger partial charge in [0.2, 0.25) is 0 Å². The zero-order valence-corrected chi connectivity index (χ0v) is 10.8. The van der Waals surface area contributed by atoms with Gasteiger partial charge in [-0.05, 0) is 38.8 Å². The lowest BCUT2D eigenvalue weighted by Gasteiger charge is -2.02. The maximum Gasteiger partial charge on any atom is 0.271 e. The number of nitrogens with one attached hydrogen (secondary N) is 1. The van der Waals surface area contributed by atoms with Crippen LogP contribution in [0, 0.1) is 6.92 Å². The summed E-state index contributed by atoms with van der Waals surface area (Å²) < 4.78 is 0. The molecule has 0 saturated heterocycles. The maximum atomic E-state index is 11.7. The molecule has 0 aliphatic heterocycles. The standard InChI is InChI=1S/C14H20N2O/c1-4-5-6-12(3)15-16-14(17)13-9-7-11(2)8-10-13/h7-10H,4-6H2,1-3H3,(H,16,17). The van der Waals surface area contributed by atoms with Crippen LogP contribution in [0.1, 0.15) is 49.0 Å². The van der Waals surface area contributed by atoms with Gasteiger partial charge in [-0.3, -0.25) is 4.79 Å². The second-order valence-electron chi connectivity index (χ2n) is 4.26. The number of carbonyl (C=O) groups is 1. The highest BCUT2D eigenvalue weighted by Crippen LogP contribution is 2.03. The monoisotopic (exact) mass is 232 g/mol. The quantitative estimate of drug-likeness (QED) is 0.614. The Morgan fingerprint density at radius 2 is 1.94 bits per heavy atom. The summed E-state index contributed by atoms with van der Waals surface area (Å²) in [5.74, 6) is -0.152. The zero-order valence-electron chi connectivity index (χ0n) is 10.8. The van der Waals surface area contributed by atoms with Gasteiger partial charge in [0, 0.05) is 11.3 Å². The molecule has 1 N–H and O–H groups in total. The van der Waals surface area contributed by atoms with Crippen LogP contribution >= 0.6 is 0 Å². The van der Waals surface area contributed by atoms with E-state index in [-0.39, 0.29) is 5.91 Å². The summed E-state index contributed by atoms with van der Waals surface area (Å²) in [5, 5.41) is 4.08. The van der Waals surface area contributed by atoms with E-state index in [4.69, 9.17) is 0 Å². The molecule has 0 unspecified atom stereocenters. The lowest BCUT2D eigenvalue weighted by molar-refractivity contribution is 0.0954. The van der Waals surface area contributed by atoms with Crippen molar-refractivity contribution in [3.8, 4) is 0 Å². The summed E-state index contributed by atoms with van der Waals surface area (Å²) in [4.78, 5) is 11.7. The lowest BCUT2D eigenvalue weighted by atomic mass is 10.1. The smallest absolute Gasteiger partial charge is 0.267 e. The van der Waals surface area contributed by atoms with Crippen molar-refractivity contribution >= 4 is 11.6 Å². The Morgan fingerprint density at radius 3 is 2.53 bits per heavy atom. The van der Waals surface area contributed by atoms with Gasteiger partial charge in [-0.15, -0.1) is 0 Å². The highest BCUT2D eigenvalue weighted by molar-refractivity contribution is 5.95. The molecule has 0 saturated carbocycles. The van der Waals surface area contributed by atoms with Crippen molar-refractivity contribution < 1.29 is 4.79 Å². The Labute approximate surface area is 103 Å². The molecule has 92 valence electrons. The molecule has 0 heterocycles. The van der Waals surface area contributed by atoms with Crippen molar-refractivity contribution in [2.75, 3.05) is 0 Å². The average molecular weight is 232 g/mol. The van der Waals surface area contributed by atoms with Crippen LogP contribution in [0.15, 0.2) is 29.4 Å². The molecule has 0 atom stereocenters. The van der Waals surface area contributed by atoms with Gasteiger partial charge in [0.15, 0.2) is 0 Å². The van der Waals surface area contributed by atoms with Crippen LogP contribution in [0.3, 0.4) is 0 Å². The largest absolute Gasteiger partial charge is 0.271 e. The molecule has 0 radical (unpaired) electrons. The van der Waals surface area contributed by atoms with E-state index in [0.717, 1.165) is 30.5 Å². The van der Waals surface area contributed by atoms with Gasteiger partial charge in [0.05, 0.1) is 0 Å². The lowest BCUT2D eigenvalue weighted by Crippen LogP contribution is -2.18. The summed E-state index contributed by atoms with van der Waals surface area (Å²) in [6, 6.07) is 7.45. The zero-order chi connectivity index (χ0) is 12.7. The van der Waals surface area contributed by atoms with Gasteiger partial charge in [0.25, 0.3) is 5.91 Å². The van der Waals surface area contributed by atoms with Gasteiger partial charge in [-0.1, -0.05) is 31.0 Å². The second-order valence-corrected chi connectivity index (χ2v) is 4.26. The third kappa shape index (κ3) is 4.81. The van der Waals surface area contributed by atoms with E-state index in [0.29, 0.717) is 5.56 Å². The Kier molecular flexibility index (Phi) is 5.40. The third-order valence-corrected chi connectivity index (χ3v) is 2.55. The van der Waals surface area contributed by atoms with E-state index >= 15 is 0 Å². The molecule has 3 nitrogen and oxygen atoms in total. The van der Waals surface area contributed by atoms with Crippen LogP contribution in [0.4, 0.5) is 0 Å². The van der Waals surface area contributed by atoms with Crippen LogP contribution in [-0.4, -0.2) is 11.6 Å². The second kappa shape index (κ2) is 6.84. The number of benzene rings is 1. The van der Waals surface area contributed by atoms with Crippen molar-refractivity contribution in [3.63, 3.8) is 0 Å². The molecule has 1 rings (SSSR count). The molecule has 0 aromatic heterocycles. The van der Waals surface area contributed by atoms with E-state index < -0.39 is 0 Å². The van der Waals surface area contributed by atoms with Gasteiger partial charge in [-0.2, -0.15) is 5.10 Å². The molecule has 17 heavy (non-hydrogen) atoms. The fraction of sp³-hybridized carbons (Fsp3) is 0.429. The van der Waals surface area contributed by atoms with Crippen LogP contribution in [0.5, 0.6) is 0 Å². The van der Waals surface area contributed by atoms with Crippen molar-refractivity contribution in [2.45, 2.75) is 40.0 Å². The van der Waals surface area contributed by atoms with Gasteiger partial charge < -0.3 is 0 Å². The number of hydrogen-bond acceptors (Lipinski definition) is 2. The fourth-order valence-electron chi connectivity index (χ4n) is 1.40. The minimum Gasteiger partial charge on any atom is -0.267 e. The molecule has 0 fully saturated rings. The van der Waals surface area contributed by atoms with E-state index in [9.17, 15) is 4.79 Å². The summed E-state index contributed by atoms with van der Waals surface area (Å²) in [5.41, 5.74) is 5.33. The molecule has 0 aliphatic carbocycles. The number of rotatable bonds is 5. The van der Waals surface area contributed by atoms with Crippen LogP contribution in [0.2, 0.25) is 0 Å². The Bertz CT molecular complexity index is 393. The Morgan fingerprint density at radius 1 is 1.29 bits per heavy atom. The number of carbonyl (C=O) groups excluding carboxylic acids is 1. The van der Waals surface area contributed by atoms with E-state index in [1.54, 1.807) is 0 Å². The number of aryl methyl sites for hydroxylation is 1. The maximum absolute atomic E-state index is 11.7. The van der Waals surface area contributed by atoms with Crippen LogP contribution < -0.4 is 5.43 Å². The predicted molar refractivity (Wildman–Crippen MR) is 71.3 cm³/mol. The van der Waals surface area contributed by atoms with Gasteiger partial charge in [-0.25, -0.2) is 5.43 Å². The fourth-order valence-corrected chi connectivity index (χ4v) is 1.40. The first-order valence-corrected chi connectivity index (χ1v) is 6.03. The normalized spacial score (nSPS) is 11.4. The summed E-state index contributed by atoms with van der Waals surface area (Å²) >= 11 is 0. The molecule has 0 aliphatic rings. The number of amides is 1. The first kappa shape index (κ1) is 13.4. The summed E-state index contributed by atoms with van der Waals surface area (Å²) in [7, 11) is 0. The van der Waals surface area contributed by atoms with Crippen molar-refractivity contribution in [3.05, 3.63) is 35.4 Å². The Balaban J connectivity index is 2.52. The topological polar surface area (TPSA) is 41.5 Å². The molecule has 1 amide bonds. The Hall–Kier alpha value is -1.64. The summed E-state index contributed by atoms with van der Waals surface area (Å²) in [6.45, 7) is 6.07. The first-order valence-electron chi connectivity index (χ1n) is 6.03. The average Bonchev–Trinajstić information content (AvgIpc) is 2.34. The van der Waals surface area contributed by atoms with E-state index in [1.807, 2.05) is 38.1 Å². The summed E-state index contributed by atoms with van der Waals surface area (Å²) in [6.07, 6.45) is 3.18. The third-order valence-electron chi connectivity index (χ3n) is 2.55. The number of hydrazone groups is 1. The number of hydrogen-bond donors (Lipinski definition) is 1. The predicted octanol–water partition coefficient (Wildman–Crippen LogP) is 3.29. The molecule has 3 heteroatoms. The van der Waals surface area contributed by atoms with Crippen LogP contribution in [0.25, 0.3) is 0 Å². The highest BCUT2D eigenvalue weighted by atomic mass is 16.2. The van der Waals surface area contributed by atoms with E-state index in [1.165, 1.54) is 0 Å². The van der Waals surface area contributed by atoms with Crippen molar-refractivity contribution in [2.24, 2.45) is 5.10 Å². The number of nitrogens with zero attached hydrogens (tertiary/aromatic N) is 1. The first-order chi connectivity index (χ1) is 8.13. The van der Waals surface area contributed by atoms with E-state index in [2.05, 4.69) is 17.5 Å². The molecule has 1 aromatic rings. The molecule has 0 bridgehead atoms. The highest BCUT2D eigenvalue weighted by Gasteiger charge is 2.03. The molecule has 0 spiro atoms. The van der Waals surface area contributed by atoms with Crippen molar-refractivity contribution in [1.82, 2.24) is 5.43 Å². The number of unbranched alkanes of at least 4 members (excludes halogenated alkanes) is 1.